The number of aliphatic imine (C=N–C) groups is 2. The van der Waals surface area contributed by atoms with E-state index < -0.39 is 0 Å². The molecule has 0 radical (unpaired) electrons. The van der Waals surface area contributed by atoms with Crippen LogP contribution in [0.4, 0.5) is 0 Å². The van der Waals surface area contributed by atoms with Crippen LogP contribution in [0, 0.1) is 0 Å². The summed E-state index contributed by atoms with van der Waals surface area (Å²) in [6.07, 6.45) is 3.54. The molecule has 0 aromatic rings. The van der Waals surface area contributed by atoms with E-state index in [1.165, 1.54) is 0 Å². The minimum absolute atomic E-state index is 0.0538. The first kappa shape index (κ1) is 7.45. The molecule has 0 unspecified atom stereocenters. The van der Waals surface area contributed by atoms with E-state index in [9.17, 15) is 0 Å². The van der Waals surface area contributed by atoms with Crippen molar-refractivity contribution in [3.63, 3.8) is 0 Å². The Kier molecular flexibility index (Phi) is 1.42. The average Bonchev–Trinajstić information content (AvgIpc) is 1.77. The average molecular weight is 138 g/mol. The molecule has 56 valence electrons. The molecule has 1 heterocycles. The second kappa shape index (κ2) is 1.91. The standard InChI is InChI=1S/C8H14N2/c1-7(2)8(3,4)10-6-5-9-7/h5-6H,1-4H3. The molecule has 2 heteroatoms. The molecule has 2 nitrogen and oxygen atoms in total. The van der Waals surface area contributed by atoms with Crippen LogP contribution < -0.4 is 0 Å². The zero-order chi connectivity index (χ0) is 7.83. The normalized spacial score (nSPS) is 26.8. The lowest BCUT2D eigenvalue weighted by atomic mass is 9.83. The Bertz CT molecular complexity index is 165. The molecule has 0 saturated carbocycles. The predicted molar refractivity (Wildman–Crippen MR) is 45.1 cm³/mol. The summed E-state index contributed by atoms with van der Waals surface area (Å²) in [6.45, 7) is 8.39. The van der Waals surface area contributed by atoms with Crippen LogP contribution in [0.15, 0.2) is 9.98 Å². The zero-order valence-electron chi connectivity index (χ0n) is 7.05. The van der Waals surface area contributed by atoms with Crippen LogP contribution in [0.1, 0.15) is 27.7 Å². The van der Waals surface area contributed by atoms with E-state index in [1.807, 2.05) is 0 Å². The van der Waals surface area contributed by atoms with Crippen LogP contribution in [0.2, 0.25) is 0 Å². The number of hydrogen-bond acceptors (Lipinski definition) is 2. The Morgan fingerprint density at radius 3 is 1.30 bits per heavy atom. The third kappa shape index (κ3) is 0.981. The Morgan fingerprint density at radius 2 is 1.10 bits per heavy atom. The second-order valence-corrected chi connectivity index (χ2v) is 3.67. The summed E-state index contributed by atoms with van der Waals surface area (Å²) in [5.74, 6) is 0. The molecule has 0 spiro atoms. The first-order valence-corrected chi connectivity index (χ1v) is 3.55. The van der Waals surface area contributed by atoms with Gasteiger partial charge in [-0.3, -0.25) is 9.98 Å². The van der Waals surface area contributed by atoms with Crippen LogP contribution in [0.5, 0.6) is 0 Å². The van der Waals surface area contributed by atoms with Crippen molar-refractivity contribution >= 4 is 12.4 Å². The van der Waals surface area contributed by atoms with E-state index in [-0.39, 0.29) is 11.1 Å². The highest BCUT2D eigenvalue weighted by Gasteiger charge is 2.36. The molecule has 0 atom stereocenters. The van der Waals surface area contributed by atoms with Gasteiger partial charge in [0.2, 0.25) is 0 Å². The van der Waals surface area contributed by atoms with E-state index in [2.05, 4.69) is 37.7 Å². The Labute approximate surface area is 62.1 Å². The van der Waals surface area contributed by atoms with Gasteiger partial charge in [-0.05, 0) is 27.7 Å². The van der Waals surface area contributed by atoms with Gasteiger partial charge >= 0.3 is 0 Å². The van der Waals surface area contributed by atoms with Crippen LogP contribution in [-0.2, 0) is 0 Å². The SMILES string of the molecule is CC1(C)N=CC=NC1(C)C. The van der Waals surface area contributed by atoms with E-state index >= 15 is 0 Å². The number of nitrogens with zero attached hydrogens (tertiary/aromatic N) is 2. The fraction of sp³-hybridized carbons (Fsp3) is 0.750. The molecule has 0 amide bonds. The van der Waals surface area contributed by atoms with Gasteiger partial charge in [0.15, 0.2) is 0 Å². The van der Waals surface area contributed by atoms with E-state index in [1.54, 1.807) is 12.4 Å². The number of hydrogen-bond donors (Lipinski definition) is 0. The summed E-state index contributed by atoms with van der Waals surface area (Å²) in [5, 5.41) is 0. The van der Waals surface area contributed by atoms with Crippen molar-refractivity contribution in [2.75, 3.05) is 0 Å². The molecule has 1 aliphatic rings. The summed E-state index contributed by atoms with van der Waals surface area (Å²) in [4.78, 5) is 8.68. The third-order valence-electron chi connectivity index (χ3n) is 2.36. The van der Waals surface area contributed by atoms with Gasteiger partial charge in [0.05, 0.1) is 11.1 Å². The maximum Gasteiger partial charge on any atom is 0.0797 e. The van der Waals surface area contributed by atoms with Gasteiger partial charge in [-0.25, -0.2) is 0 Å². The molecule has 0 fully saturated rings. The minimum Gasteiger partial charge on any atom is -0.283 e. The van der Waals surface area contributed by atoms with Crippen molar-refractivity contribution in [1.29, 1.82) is 0 Å². The lowest BCUT2D eigenvalue weighted by molar-refractivity contribution is 0.314. The van der Waals surface area contributed by atoms with Crippen LogP contribution >= 0.6 is 0 Å². The van der Waals surface area contributed by atoms with Crippen molar-refractivity contribution < 1.29 is 0 Å². The summed E-state index contributed by atoms with van der Waals surface area (Å²) in [6, 6.07) is 0. The molecule has 0 bridgehead atoms. The Balaban J connectivity index is 2.96. The molecule has 1 rings (SSSR count). The molecule has 1 aliphatic heterocycles. The maximum absolute atomic E-state index is 4.34. The maximum atomic E-state index is 4.34. The highest BCUT2D eigenvalue weighted by atomic mass is 15.0. The Hall–Kier alpha value is -0.660. The lowest BCUT2D eigenvalue weighted by Crippen LogP contribution is -2.44. The highest BCUT2D eigenvalue weighted by molar-refractivity contribution is 6.16. The summed E-state index contributed by atoms with van der Waals surface area (Å²) >= 11 is 0. The Morgan fingerprint density at radius 1 is 0.800 bits per heavy atom. The van der Waals surface area contributed by atoms with Crippen molar-refractivity contribution in [1.82, 2.24) is 0 Å². The van der Waals surface area contributed by atoms with Gasteiger partial charge in [0.1, 0.15) is 0 Å². The number of rotatable bonds is 0. The van der Waals surface area contributed by atoms with Gasteiger partial charge < -0.3 is 0 Å². The third-order valence-corrected chi connectivity index (χ3v) is 2.36. The summed E-state index contributed by atoms with van der Waals surface area (Å²) < 4.78 is 0. The van der Waals surface area contributed by atoms with E-state index in [0.29, 0.717) is 0 Å². The monoisotopic (exact) mass is 138 g/mol. The fourth-order valence-electron chi connectivity index (χ4n) is 0.755. The van der Waals surface area contributed by atoms with Crippen molar-refractivity contribution in [2.24, 2.45) is 9.98 Å². The van der Waals surface area contributed by atoms with Gasteiger partial charge in [-0.15, -0.1) is 0 Å². The topological polar surface area (TPSA) is 24.7 Å². The fourth-order valence-corrected chi connectivity index (χ4v) is 0.755. The van der Waals surface area contributed by atoms with Gasteiger partial charge in [-0.1, -0.05) is 0 Å². The van der Waals surface area contributed by atoms with Gasteiger partial charge in [0.25, 0.3) is 0 Å². The van der Waals surface area contributed by atoms with Crippen molar-refractivity contribution in [3.8, 4) is 0 Å². The van der Waals surface area contributed by atoms with Gasteiger partial charge in [0, 0.05) is 12.4 Å². The smallest absolute Gasteiger partial charge is 0.0797 e. The molecule has 10 heavy (non-hydrogen) atoms. The van der Waals surface area contributed by atoms with Crippen molar-refractivity contribution in [3.05, 3.63) is 0 Å². The zero-order valence-corrected chi connectivity index (χ0v) is 7.05. The first-order chi connectivity index (χ1) is 4.46. The second-order valence-electron chi connectivity index (χ2n) is 3.67. The van der Waals surface area contributed by atoms with E-state index in [0.717, 1.165) is 0 Å². The molecule has 0 N–H and O–H groups in total. The van der Waals surface area contributed by atoms with Gasteiger partial charge in [-0.2, -0.15) is 0 Å². The molecular formula is C8H14N2. The molecule has 0 saturated heterocycles. The minimum atomic E-state index is -0.0538. The lowest BCUT2D eigenvalue weighted by Gasteiger charge is -2.36. The largest absolute Gasteiger partial charge is 0.283 e. The van der Waals surface area contributed by atoms with Crippen molar-refractivity contribution in [2.45, 2.75) is 38.8 Å². The first-order valence-electron chi connectivity index (χ1n) is 3.55. The molecule has 0 aromatic carbocycles. The molecule has 0 aliphatic carbocycles. The van der Waals surface area contributed by atoms with Crippen LogP contribution in [0.3, 0.4) is 0 Å². The van der Waals surface area contributed by atoms with Crippen LogP contribution in [-0.4, -0.2) is 23.5 Å². The molecule has 0 aromatic heterocycles. The molecular weight excluding hydrogens is 124 g/mol. The summed E-state index contributed by atoms with van der Waals surface area (Å²) in [5.41, 5.74) is -0.108. The van der Waals surface area contributed by atoms with E-state index in [4.69, 9.17) is 0 Å². The predicted octanol–water partition coefficient (Wildman–Crippen LogP) is 1.70. The van der Waals surface area contributed by atoms with Crippen LogP contribution in [0.25, 0.3) is 0 Å². The quantitative estimate of drug-likeness (QED) is 0.486. The highest BCUT2D eigenvalue weighted by Crippen LogP contribution is 2.29. The summed E-state index contributed by atoms with van der Waals surface area (Å²) in [7, 11) is 0.